The zero-order valence-corrected chi connectivity index (χ0v) is 6.55. The maximum atomic E-state index is 10.6. The van der Waals surface area contributed by atoms with E-state index in [-0.39, 0.29) is 11.8 Å². The average Bonchev–Trinajstić information content (AvgIpc) is 1.67. The zero-order chi connectivity index (χ0) is 6.57. The first-order valence-corrected chi connectivity index (χ1v) is 4.21. The Morgan fingerprint density at radius 2 is 2.25 bits per heavy atom. The summed E-state index contributed by atoms with van der Waals surface area (Å²) in [6.45, 7) is 3.66. The van der Waals surface area contributed by atoms with E-state index in [1.54, 1.807) is 0 Å². The number of carbonyl (C=O) groups excluding carboxylic acids is 1. The maximum Gasteiger partial charge on any atom is 0.230 e. The van der Waals surface area contributed by atoms with Crippen molar-refractivity contribution in [2.45, 2.75) is 13.8 Å². The molecule has 0 aromatic heterocycles. The normalized spacial score (nSPS) is 9.88. The molecule has 0 bridgehead atoms. The molecule has 0 aliphatic rings. The Labute approximate surface area is 55.6 Å². The van der Waals surface area contributed by atoms with E-state index >= 15 is 0 Å². The first-order chi connectivity index (χ1) is 3.68. The molecule has 0 spiro atoms. The Bertz CT molecular complexity index is 104. The highest BCUT2D eigenvalue weighted by Gasteiger charge is 2.02. The third kappa shape index (κ3) is 3.05. The highest BCUT2D eigenvalue weighted by atomic mass is 32.4. The quantitative estimate of drug-likeness (QED) is 0.595. The van der Waals surface area contributed by atoms with Gasteiger partial charge < -0.3 is 0 Å². The molecule has 1 N–H and O–H groups in total. The van der Waals surface area contributed by atoms with Gasteiger partial charge in [0.05, 0.1) is 7.51 Å². The molecule has 4 heteroatoms. The van der Waals surface area contributed by atoms with E-state index < -0.39 is 0 Å². The van der Waals surface area contributed by atoms with Crippen molar-refractivity contribution in [3.05, 3.63) is 0 Å². The lowest BCUT2D eigenvalue weighted by Gasteiger charge is -1.98. The van der Waals surface area contributed by atoms with Crippen LogP contribution in [0.25, 0.3) is 0 Å². The third-order valence-corrected chi connectivity index (χ3v) is 1.27. The molecule has 2 nitrogen and oxygen atoms in total. The smallest absolute Gasteiger partial charge is 0.230 e. The monoisotopic (exact) mass is 149 g/mol. The number of carbonyl (C=O) groups is 1. The summed E-state index contributed by atoms with van der Waals surface area (Å²) in [5.41, 5.74) is 0. The molecule has 0 unspecified atom stereocenters. The molecule has 0 aliphatic heterocycles. The van der Waals surface area contributed by atoms with Crippen LogP contribution in [0.2, 0.25) is 0 Å². The molecule has 0 aliphatic carbocycles. The summed E-state index contributed by atoms with van der Waals surface area (Å²) in [5.74, 6) is 0.0621. The van der Waals surface area contributed by atoms with Crippen molar-refractivity contribution < 1.29 is 4.79 Å². The Morgan fingerprint density at radius 1 is 1.75 bits per heavy atom. The third-order valence-electron chi connectivity index (χ3n) is 0.680. The molecular formula is C4H8NOPS. The van der Waals surface area contributed by atoms with Crippen LogP contribution >= 0.6 is 7.51 Å². The number of nitrogens with one attached hydrogen (secondary N) is 1. The van der Waals surface area contributed by atoms with Crippen molar-refractivity contribution in [2.75, 3.05) is 0 Å². The summed E-state index contributed by atoms with van der Waals surface area (Å²) in [6, 6.07) is 0. The van der Waals surface area contributed by atoms with Gasteiger partial charge in [0.1, 0.15) is 0 Å². The van der Waals surface area contributed by atoms with E-state index in [1.165, 1.54) is 0 Å². The summed E-state index contributed by atoms with van der Waals surface area (Å²) >= 11 is 4.49. The van der Waals surface area contributed by atoms with Gasteiger partial charge in [-0.2, -0.15) is 0 Å². The highest BCUT2D eigenvalue weighted by Crippen LogP contribution is 1.93. The molecule has 0 rings (SSSR count). The van der Waals surface area contributed by atoms with Gasteiger partial charge >= 0.3 is 0 Å². The molecule has 0 atom stereocenters. The molecule has 0 radical (unpaired) electrons. The number of hydrogen-bond acceptors (Lipinski definition) is 2. The lowest BCUT2D eigenvalue weighted by atomic mass is 10.2. The minimum Gasteiger partial charge on any atom is -0.299 e. The van der Waals surface area contributed by atoms with E-state index in [9.17, 15) is 4.79 Å². The van der Waals surface area contributed by atoms with Crippen LogP contribution in [0.1, 0.15) is 13.8 Å². The lowest BCUT2D eigenvalue weighted by molar-refractivity contribution is -0.122. The van der Waals surface area contributed by atoms with Crippen LogP contribution in [0, 0.1) is 5.92 Å². The molecular weight excluding hydrogens is 141 g/mol. The Balaban J connectivity index is 3.48. The molecule has 0 aromatic carbocycles. The molecule has 0 saturated heterocycles. The highest BCUT2D eigenvalue weighted by molar-refractivity contribution is 7.95. The van der Waals surface area contributed by atoms with Gasteiger partial charge in [0.2, 0.25) is 5.91 Å². The summed E-state index contributed by atoms with van der Waals surface area (Å²) in [4.78, 5) is 10.6. The lowest BCUT2D eigenvalue weighted by Crippen LogP contribution is -2.18. The fourth-order valence-electron chi connectivity index (χ4n) is 0.174. The first-order valence-electron chi connectivity index (χ1n) is 2.30. The Hall–Kier alpha value is -0.0100. The maximum absolute atomic E-state index is 10.6. The Kier molecular flexibility index (Phi) is 3.92. The molecule has 0 saturated carbocycles. The van der Waals surface area contributed by atoms with Crippen LogP contribution in [0.3, 0.4) is 0 Å². The topological polar surface area (TPSA) is 29.1 Å². The zero-order valence-electron chi connectivity index (χ0n) is 4.84. The molecule has 1 amide bonds. The second kappa shape index (κ2) is 3.93. The van der Waals surface area contributed by atoms with Crippen LogP contribution < -0.4 is 5.09 Å². The summed E-state index contributed by atoms with van der Waals surface area (Å²) in [6.07, 6.45) is 0. The van der Waals surface area contributed by atoms with Crippen molar-refractivity contribution in [3.63, 3.8) is 0 Å². The predicted molar refractivity (Wildman–Crippen MR) is 37.3 cm³/mol. The molecule has 0 aromatic rings. The molecule has 0 heterocycles. The van der Waals surface area contributed by atoms with E-state index in [4.69, 9.17) is 0 Å². The van der Waals surface area contributed by atoms with Crippen LogP contribution in [-0.2, 0) is 16.6 Å². The number of amides is 1. The van der Waals surface area contributed by atoms with E-state index in [1.807, 2.05) is 13.8 Å². The van der Waals surface area contributed by atoms with Gasteiger partial charge in [-0.3, -0.25) is 9.88 Å². The number of hydrogen-bond donors (Lipinski definition) is 1. The van der Waals surface area contributed by atoms with Crippen LogP contribution in [-0.4, -0.2) is 5.91 Å². The summed E-state index contributed by atoms with van der Waals surface area (Å²) in [7, 11) is 0.518. The van der Waals surface area contributed by atoms with Crippen molar-refractivity contribution in [1.29, 1.82) is 0 Å². The van der Waals surface area contributed by atoms with Gasteiger partial charge in [0, 0.05) is 5.92 Å². The van der Waals surface area contributed by atoms with Crippen LogP contribution in [0.4, 0.5) is 0 Å². The van der Waals surface area contributed by atoms with Crippen LogP contribution in [0.15, 0.2) is 0 Å². The Morgan fingerprint density at radius 3 is 2.38 bits per heavy atom. The minimum absolute atomic E-state index is 0.0154. The van der Waals surface area contributed by atoms with Gasteiger partial charge in [-0.1, -0.05) is 13.8 Å². The van der Waals surface area contributed by atoms with Gasteiger partial charge in [0.25, 0.3) is 0 Å². The second-order valence-corrected chi connectivity index (χ2v) is 2.68. The van der Waals surface area contributed by atoms with Crippen molar-refractivity contribution >= 4 is 25.2 Å². The SMILES string of the molecule is CC(C)C(=O)NP=S. The minimum atomic E-state index is 0.0154. The largest absolute Gasteiger partial charge is 0.299 e. The standard InChI is InChI=1S/C4H8NOPS/c1-3(2)4(6)5-7-8/h3H,1-2H3,(H,5,6,8). The van der Waals surface area contributed by atoms with Crippen LogP contribution in [0.5, 0.6) is 0 Å². The molecule has 8 heavy (non-hydrogen) atoms. The van der Waals surface area contributed by atoms with Crippen molar-refractivity contribution in [2.24, 2.45) is 5.92 Å². The fourth-order valence-corrected chi connectivity index (χ4v) is 0.792. The van der Waals surface area contributed by atoms with Crippen molar-refractivity contribution in [3.8, 4) is 0 Å². The van der Waals surface area contributed by atoms with Crippen molar-refractivity contribution in [1.82, 2.24) is 5.09 Å². The van der Waals surface area contributed by atoms with E-state index in [2.05, 4.69) is 16.9 Å². The average molecular weight is 149 g/mol. The van der Waals surface area contributed by atoms with Gasteiger partial charge in [-0.05, 0) is 11.8 Å². The van der Waals surface area contributed by atoms with E-state index in [0.29, 0.717) is 7.51 Å². The number of rotatable bonds is 2. The van der Waals surface area contributed by atoms with Gasteiger partial charge in [-0.15, -0.1) is 0 Å². The van der Waals surface area contributed by atoms with E-state index in [0.717, 1.165) is 0 Å². The fraction of sp³-hybridized carbons (Fsp3) is 0.750. The predicted octanol–water partition coefficient (Wildman–Crippen LogP) is 1.08. The second-order valence-electron chi connectivity index (χ2n) is 1.72. The molecule has 46 valence electrons. The van der Waals surface area contributed by atoms with Gasteiger partial charge in [-0.25, -0.2) is 0 Å². The molecule has 0 fully saturated rings. The summed E-state index contributed by atoms with van der Waals surface area (Å²) < 4.78 is 0. The summed E-state index contributed by atoms with van der Waals surface area (Å²) in [5, 5.41) is 2.49. The first kappa shape index (κ1) is 7.99. The van der Waals surface area contributed by atoms with Gasteiger partial charge in [0.15, 0.2) is 0 Å².